The van der Waals surface area contributed by atoms with Crippen molar-refractivity contribution in [2.75, 3.05) is 11.9 Å². The lowest BCUT2D eigenvalue weighted by atomic mass is 9.92. The first kappa shape index (κ1) is 18.4. The second kappa shape index (κ2) is 6.46. The molecule has 0 amide bonds. The minimum Gasteiger partial charge on any atom is -0.344 e. The predicted octanol–water partition coefficient (Wildman–Crippen LogP) is 6.47. The highest BCUT2D eigenvalue weighted by molar-refractivity contribution is 6.54. The molecule has 3 nitrogen and oxygen atoms in total. The second-order valence-corrected chi connectivity index (χ2v) is 8.05. The molecular formula is C23H12Cl3NO2. The van der Waals surface area contributed by atoms with Crippen molar-refractivity contribution in [2.24, 2.45) is 0 Å². The van der Waals surface area contributed by atoms with Crippen molar-refractivity contribution in [3.63, 3.8) is 0 Å². The molecule has 142 valence electrons. The molecule has 0 aliphatic heterocycles. The van der Waals surface area contributed by atoms with E-state index in [0.29, 0.717) is 26.6 Å². The molecule has 0 aromatic heterocycles. The second-order valence-electron chi connectivity index (χ2n) is 6.92. The summed E-state index contributed by atoms with van der Waals surface area (Å²) in [6.45, 7) is 0. The van der Waals surface area contributed by atoms with Crippen LogP contribution in [0.4, 0.5) is 11.4 Å². The summed E-state index contributed by atoms with van der Waals surface area (Å²) >= 11 is 19.6. The van der Waals surface area contributed by atoms with Crippen molar-refractivity contribution >= 4 is 78.5 Å². The van der Waals surface area contributed by atoms with Crippen LogP contribution in [0.25, 0.3) is 32.3 Å². The number of benzene rings is 5. The molecule has 5 rings (SSSR count). The smallest absolute Gasteiger partial charge is 0.245 e. The van der Waals surface area contributed by atoms with Gasteiger partial charge in [-0.25, -0.2) is 0 Å². The van der Waals surface area contributed by atoms with Gasteiger partial charge in [-0.1, -0.05) is 65.1 Å². The highest BCUT2D eigenvalue weighted by atomic mass is 35.5. The molecule has 0 unspecified atom stereocenters. The summed E-state index contributed by atoms with van der Waals surface area (Å²) in [4.78, 5) is 27.0. The van der Waals surface area contributed by atoms with E-state index in [-0.39, 0.29) is 10.0 Å². The average Bonchev–Trinajstić information content (AvgIpc) is 2.75. The van der Waals surface area contributed by atoms with E-state index in [9.17, 15) is 9.59 Å². The summed E-state index contributed by atoms with van der Waals surface area (Å²) < 4.78 is 0. The molecule has 0 radical (unpaired) electrons. The van der Waals surface area contributed by atoms with Gasteiger partial charge >= 0.3 is 0 Å². The first-order valence-corrected chi connectivity index (χ1v) is 9.99. The van der Waals surface area contributed by atoms with Gasteiger partial charge in [0.25, 0.3) is 0 Å². The van der Waals surface area contributed by atoms with Crippen LogP contribution >= 0.6 is 34.8 Å². The Morgan fingerprint density at radius 1 is 0.655 bits per heavy atom. The zero-order chi connectivity index (χ0) is 20.4. The third-order valence-electron chi connectivity index (χ3n) is 5.42. The van der Waals surface area contributed by atoms with Crippen LogP contribution in [0.1, 0.15) is 0 Å². The molecular weight excluding hydrogens is 429 g/mol. The molecule has 29 heavy (non-hydrogen) atoms. The highest BCUT2D eigenvalue weighted by Gasteiger charge is 2.24. The van der Waals surface area contributed by atoms with Crippen molar-refractivity contribution in [2.45, 2.75) is 0 Å². The van der Waals surface area contributed by atoms with Gasteiger partial charge in [0.1, 0.15) is 5.02 Å². The Bertz CT molecular complexity index is 1530. The fourth-order valence-electron chi connectivity index (χ4n) is 4.02. The van der Waals surface area contributed by atoms with Gasteiger partial charge in [-0.3, -0.25) is 9.59 Å². The zero-order valence-electron chi connectivity index (χ0n) is 15.1. The quantitative estimate of drug-likeness (QED) is 0.233. The first-order valence-electron chi connectivity index (χ1n) is 8.85. The van der Waals surface area contributed by atoms with Crippen molar-refractivity contribution in [1.29, 1.82) is 0 Å². The summed E-state index contributed by atoms with van der Waals surface area (Å²) in [5.41, 5.74) is 0.405. The average molecular weight is 441 g/mol. The maximum atomic E-state index is 12.6. The normalized spacial score (nSPS) is 11.7. The summed E-state index contributed by atoms with van der Waals surface area (Å²) in [5.74, 6) is 0. The lowest BCUT2D eigenvalue weighted by molar-refractivity contribution is 1.22. The van der Waals surface area contributed by atoms with E-state index in [1.54, 1.807) is 6.07 Å². The third kappa shape index (κ3) is 2.45. The molecule has 0 N–H and O–H groups in total. The van der Waals surface area contributed by atoms with Crippen LogP contribution in [-0.2, 0) is 0 Å². The van der Waals surface area contributed by atoms with Gasteiger partial charge in [-0.05, 0) is 29.7 Å². The van der Waals surface area contributed by atoms with Crippen LogP contribution in [0.2, 0.25) is 15.1 Å². The molecule has 0 aliphatic rings. The van der Waals surface area contributed by atoms with E-state index in [1.807, 2.05) is 60.5 Å². The van der Waals surface area contributed by atoms with E-state index in [2.05, 4.69) is 0 Å². The predicted molar refractivity (Wildman–Crippen MR) is 123 cm³/mol. The lowest BCUT2D eigenvalue weighted by Crippen LogP contribution is -2.24. The molecule has 0 aliphatic carbocycles. The Kier molecular flexibility index (Phi) is 4.11. The minimum absolute atomic E-state index is 0.174. The maximum absolute atomic E-state index is 12.6. The summed E-state index contributed by atoms with van der Waals surface area (Å²) in [5, 5.41) is 3.85. The zero-order valence-corrected chi connectivity index (χ0v) is 17.4. The maximum Gasteiger partial charge on any atom is 0.245 e. The Labute approximate surface area is 180 Å². The minimum atomic E-state index is -0.767. The summed E-state index contributed by atoms with van der Waals surface area (Å²) in [7, 11) is 1.94. The van der Waals surface area contributed by atoms with Gasteiger partial charge in [-0.2, -0.15) is 0 Å². The van der Waals surface area contributed by atoms with Gasteiger partial charge in [0.2, 0.25) is 10.9 Å². The fraction of sp³-hybridized carbons (Fsp3) is 0.0435. The fourth-order valence-corrected chi connectivity index (χ4v) is 4.91. The summed E-state index contributed by atoms with van der Waals surface area (Å²) in [6.07, 6.45) is 0. The van der Waals surface area contributed by atoms with Crippen LogP contribution in [0.15, 0.2) is 64.2 Å². The van der Waals surface area contributed by atoms with E-state index >= 15 is 0 Å². The van der Waals surface area contributed by atoms with E-state index < -0.39 is 10.9 Å². The number of halogens is 3. The van der Waals surface area contributed by atoms with Crippen LogP contribution in [0, 0.1) is 0 Å². The number of para-hydroxylation sites is 1. The standard InChI is InChI=1S/C23H12Cl3NO2/c1-27(12-5-3-2-4-6-12)14-10-8-11-7-9-13-16-15(11)17(14)19(24)20(25)18(16)21(26)23(29)22(13)28/h2-10H,1H3. The lowest BCUT2D eigenvalue weighted by Gasteiger charge is -2.24. The molecule has 0 saturated heterocycles. The highest BCUT2D eigenvalue weighted by Crippen LogP contribution is 2.48. The monoisotopic (exact) mass is 439 g/mol. The third-order valence-corrected chi connectivity index (χ3v) is 6.63. The van der Waals surface area contributed by atoms with E-state index in [0.717, 1.165) is 22.1 Å². The molecule has 5 aromatic carbocycles. The molecule has 6 heteroatoms. The number of nitrogens with zero attached hydrogens (tertiary/aromatic N) is 1. The van der Waals surface area contributed by atoms with Crippen LogP contribution < -0.4 is 15.8 Å². The Hall–Kier alpha value is -2.59. The van der Waals surface area contributed by atoms with Gasteiger partial charge < -0.3 is 4.90 Å². The van der Waals surface area contributed by atoms with Gasteiger partial charge in [0.05, 0.1) is 15.7 Å². The van der Waals surface area contributed by atoms with Crippen molar-refractivity contribution in [3.05, 3.63) is 90.1 Å². The molecule has 0 saturated carbocycles. The molecule has 0 spiro atoms. The van der Waals surface area contributed by atoms with Crippen molar-refractivity contribution in [1.82, 2.24) is 0 Å². The van der Waals surface area contributed by atoms with Crippen LogP contribution in [0.3, 0.4) is 0 Å². The first-order chi connectivity index (χ1) is 13.9. The van der Waals surface area contributed by atoms with Crippen molar-refractivity contribution in [3.8, 4) is 0 Å². The SMILES string of the molecule is CN(c1ccccc1)c1ccc2ccc3c(=O)c(=O)c(Cl)c4c(Cl)c(Cl)c1c2c43. The Morgan fingerprint density at radius 3 is 2.03 bits per heavy atom. The molecule has 0 fully saturated rings. The Morgan fingerprint density at radius 2 is 1.31 bits per heavy atom. The van der Waals surface area contributed by atoms with Gasteiger partial charge in [-0.15, -0.1) is 0 Å². The molecule has 0 atom stereocenters. The van der Waals surface area contributed by atoms with Gasteiger partial charge in [0, 0.05) is 39.7 Å². The Balaban J connectivity index is 2.04. The van der Waals surface area contributed by atoms with E-state index in [4.69, 9.17) is 34.8 Å². The molecule has 0 bridgehead atoms. The van der Waals surface area contributed by atoms with Crippen LogP contribution in [0.5, 0.6) is 0 Å². The van der Waals surface area contributed by atoms with Gasteiger partial charge in [0.15, 0.2) is 0 Å². The number of hydrogen-bond acceptors (Lipinski definition) is 3. The topological polar surface area (TPSA) is 37.4 Å². The van der Waals surface area contributed by atoms with Crippen LogP contribution in [-0.4, -0.2) is 7.05 Å². The van der Waals surface area contributed by atoms with E-state index in [1.165, 1.54) is 0 Å². The molecule has 0 heterocycles. The molecule has 5 aromatic rings. The number of hydrogen-bond donors (Lipinski definition) is 0. The number of anilines is 2. The largest absolute Gasteiger partial charge is 0.344 e. The number of rotatable bonds is 2. The summed E-state index contributed by atoms with van der Waals surface area (Å²) in [6, 6.07) is 17.2. The van der Waals surface area contributed by atoms with Crippen molar-refractivity contribution < 1.29 is 0 Å².